The molecule has 1 aromatic carbocycles. The summed E-state index contributed by atoms with van der Waals surface area (Å²) >= 11 is 0. The van der Waals surface area contributed by atoms with E-state index in [0.29, 0.717) is 11.5 Å². The van der Waals surface area contributed by atoms with Crippen LogP contribution in [0.4, 0.5) is 0 Å². The van der Waals surface area contributed by atoms with Gasteiger partial charge in [0.1, 0.15) is 11.5 Å². The molecule has 0 spiro atoms. The third kappa shape index (κ3) is 5.69. The quantitative estimate of drug-likeness (QED) is 0.485. The lowest BCUT2D eigenvalue weighted by Crippen LogP contribution is -2.32. The molecule has 1 aliphatic carbocycles. The molecular weight excluding hydrogens is 350 g/mol. The second kappa shape index (κ2) is 10.9. The Morgan fingerprint density at radius 3 is 2.56 bits per heavy atom. The molecule has 150 valence electrons. The summed E-state index contributed by atoms with van der Waals surface area (Å²) in [7, 11) is 6.26. The van der Waals surface area contributed by atoms with Crippen molar-refractivity contribution in [2.24, 2.45) is 5.92 Å². The van der Waals surface area contributed by atoms with Crippen LogP contribution < -0.4 is 9.47 Å². The van der Waals surface area contributed by atoms with Gasteiger partial charge in [-0.25, -0.2) is 5.06 Å². The number of hydrogen-bond donors (Lipinski definition) is 0. The second-order valence-corrected chi connectivity index (χ2v) is 6.27. The Hall–Kier alpha value is -2.09. The third-order valence-corrected chi connectivity index (χ3v) is 4.51. The fourth-order valence-electron chi connectivity index (χ4n) is 3.11. The summed E-state index contributed by atoms with van der Waals surface area (Å²) in [5.41, 5.74) is 1.75. The van der Waals surface area contributed by atoms with Crippen molar-refractivity contribution in [3.8, 4) is 11.5 Å². The lowest BCUT2D eigenvalue weighted by atomic mass is 9.88. The van der Waals surface area contributed by atoms with Crippen LogP contribution in [-0.4, -0.2) is 52.9 Å². The molecule has 0 bridgehead atoms. The van der Waals surface area contributed by atoms with Gasteiger partial charge in [-0.3, -0.25) is 9.63 Å². The Morgan fingerprint density at radius 1 is 1.11 bits per heavy atom. The molecule has 1 aromatic rings. The van der Waals surface area contributed by atoms with Crippen molar-refractivity contribution in [2.75, 3.05) is 42.0 Å². The van der Waals surface area contributed by atoms with Crippen molar-refractivity contribution in [2.45, 2.75) is 25.7 Å². The predicted octanol–water partition coefficient (Wildman–Crippen LogP) is 3.25. The zero-order valence-electron chi connectivity index (χ0n) is 16.5. The molecular formula is C20H29NO6. The molecule has 7 heteroatoms. The molecule has 0 fully saturated rings. The first-order chi connectivity index (χ1) is 13.1. The highest BCUT2D eigenvalue weighted by Crippen LogP contribution is 2.39. The van der Waals surface area contributed by atoms with Gasteiger partial charge in [-0.2, -0.15) is 0 Å². The van der Waals surface area contributed by atoms with Crippen molar-refractivity contribution in [3.63, 3.8) is 0 Å². The van der Waals surface area contributed by atoms with Gasteiger partial charge in [0.05, 0.1) is 13.0 Å². The lowest BCUT2D eigenvalue weighted by molar-refractivity contribution is -0.171. The van der Waals surface area contributed by atoms with Crippen LogP contribution in [0, 0.1) is 5.92 Å². The van der Waals surface area contributed by atoms with Crippen LogP contribution in [0.1, 0.15) is 31.2 Å². The van der Waals surface area contributed by atoms with E-state index in [0.717, 1.165) is 36.8 Å². The molecule has 0 aromatic heterocycles. The zero-order chi connectivity index (χ0) is 19.6. The number of carbonyl (C=O) groups excluding carboxylic acids is 1. The smallest absolute Gasteiger partial charge is 0.253 e. The van der Waals surface area contributed by atoms with Gasteiger partial charge >= 0.3 is 0 Å². The first-order valence-corrected chi connectivity index (χ1v) is 9.02. The predicted molar refractivity (Wildman–Crippen MR) is 101 cm³/mol. The first kappa shape index (κ1) is 21.2. The number of benzene rings is 1. The number of rotatable bonds is 9. The van der Waals surface area contributed by atoms with Gasteiger partial charge in [0.2, 0.25) is 0 Å². The van der Waals surface area contributed by atoms with Gasteiger partial charge in [0.25, 0.3) is 5.91 Å². The summed E-state index contributed by atoms with van der Waals surface area (Å²) in [6.45, 7) is 0.265. The molecule has 0 saturated heterocycles. The topological polar surface area (TPSA) is 66.5 Å². The average molecular weight is 379 g/mol. The molecule has 0 saturated carbocycles. The van der Waals surface area contributed by atoms with E-state index in [1.807, 2.05) is 18.2 Å². The summed E-state index contributed by atoms with van der Waals surface area (Å²) in [5, 5.41) is 1.28. The van der Waals surface area contributed by atoms with E-state index in [4.69, 9.17) is 23.8 Å². The minimum atomic E-state index is -0.306. The molecule has 7 nitrogen and oxygen atoms in total. The molecule has 0 radical (unpaired) electrons. The van der Waals surface area contributed by atoms with Crippen LogP contribution in [0.2, 0.25) is 0 Å². The minimum Gasteiger partial charge on any atom is -0.468 e. The number of ether oxygens (including phenoxy) is 4. The van der Waals surface area contributed by atoms with Crippen LogP contribution in [0.3, 0.4) is 0 Å². The molecule has 1 aliphatic rings. The van der Waals surface area contributed by atoms with Gasteiger partial charge in [-0.15, -0.1) is 0 Å². The lowest BCUT2D eigenvalue weighted by Gasteiger charge is -2.25. The summed E-state index contributed by atoms with van der Waals surface area (Å²) < 4.78 is 21.4. The van der Waals surface area contributed by atoms with Crippen LogP contribution in [0.25, 0.3) is 5.57 Å². The van der Waals surface area contributed by atoms with Gasteiger partial charge in [-0.05, 0) is 43.0 Å². The Kier molecular flexibility index (Phi) is 8.57. The van der Waals surface area contributed by atoms with E-state index in [1.54, 1.807) is 21.3 Å². The summed E-state index contributed by atoms with van der Waals surface area (Å²) in [6.07, 6.45) is 5.79. The van der Waals surface area contributed by atoms with Crippen LogP contribution >= 0.6 is 0 Å². The maximum absolute atomic E-state index is 12.9. The number of hydroxylamine groups is 2. The fourth-order valence-corrected chi connectivity index (χ4v) is 3.11. The maximum Gasteiger partial charge on any atom is 0.253 e. The van der Waals surface area contributed by atoms with E-state index in [2.05, 4.69) is 6.08 Å². The summed E-state index contributed by atoms with van der Waals surface area (Å²) in [6, 6.07) is 5.52. The number of methoxy groups -OCH3 is 2. The average Bonchev–Trinajstić information content (AvgIpc) is 2.95. The van der Waals surface area contributed by atoms with Crippen LogP contribution in [0.15, 0.2) is 24.3 Å². The van der Waals surface area contributed by atoms with Gasteiger partial charge in [0, 0.05) is 26.8 Å². The Labute approximate surface area is 160 Å². The molecule has 0 aliphatic heterocycles. The van der Waals surface area contributed by atoms with E-state index in [-0.39, 0.29) is 25.4 Å². The molecule has 27 heavy (non-hydrogen) atoms. The summed E-state index contributed by atoms with van der Waals surface area (Å²) in [4.78, 5) is 18.0. The highest BCUT2D eigenvalue weighted by atomic mass is 16.7. The highest BCUT2D eigenvalue weighted by Gasteiger charge is 2.30. The monoisotopic (exact) mass is 379 g/mol. The van der Waals surface area contributed by atoms with Crippen molar-refractivity contribution in [3.05, 3.63) is 29.8 Å². The standard InChI is InChI=1S/C20H29NO6/c1-21(25-4)20(22)17-9-7-5-6-8-16(17)18-12-15(26-13-23-2)10-11-19(18)27-14-24-3/h8,10-12,17H,5-7,9,13-14H2,1-4H3. The van der Waals surface area contributed by atoms with Crippen molar-refractivity contribution >= 4 is 11.5 Å². The van der Waals surface area contributed by atoms with E-state index in [1.165, 1.54) is 12.2 Å². The van der Waals surface area contributed by atoms with Crippen molar-refractivity contribution in [1.29, 1.82) is 0 Å². The number of nitrogens with zero attached hydrogens (tertiary/aromatic N) is 1. The second-order valence-electron chi connectivity index (χ2n) is 6.27. The normalized spacial score (nSPS) is 17.0. The van der Waals surface area contributed by atoms with Gasteiger partial charge in [0.15, 0.2) is 13.6 Å². The molecule has 0 N–H and O–H groups in total. The Morgan fingerprint density at radius 2 is 1.85 bits per heavy atom. The minimum absolute atomic E-state index is 0.0773. The highest BCUT2D eigenvalue weighted by molar-refractivity contribution is 5.92. The fraction of sp³-hybridized carbons (Fsp3) is 0.550. The largest absolute Gasteiger partial charge is 0.468 e. The SMILES string of the molecule is COCOc1ccc(OCOC)c(C2=CCCCCC2C(=O)N(C)OC)c1. The molecule has 2 rings (SSSR count). The van der Waals surface area contributed by atoms with Gasteiger partial charge < -0.3 is 18.9 Å². The molecule has 1 unspecified atom stereocenters. The van der Waals surface area contributed by atoms with Crippen molar-refractivity contribution in [1.82, 2.24) is 5.06 Å². The first-order valence-electron chi connectivity index (χ1n) is 9.02. The number of carbonyl (C=O) groups is 1. The zero-order valence-corrected chi connectivity index (χ0v) is 16.5. The molecule has 0 heterocycles. The Bertz CT molecular complexity index is 645. The van der Waals surface area contributed by atoms with E-state index in [9.17, 15) is 4.79 Å². The van der Waals surface area contributed by atoms with Crippen LogP contribution in [0.5, 0.6) is 11.5 Å². The number of allylic oxidation sites excluding steroid dienone is 1. The maximum atomic E-state index is 12.9. The summed E-state index contributed by atoms with van der Waals surface area (Å²) in [5.74, 6) is 0.910. The Balaban J connectivity index is 2.44. The van der Waals surface area contributed by atoms with Gasteiger partial charge in [-0.1, -0.05) is 12.5 Å². The van der Waals surface area contributed by atoms with Crippen LogP contribution in [-0.2, 0) is 19.1 Å². The van der Waals surface area contributed by atoms with E-state index >= 15 is 0 Å². The molecule has 1 amide bonds. The number of amides is 1. The molecule has 1 atom stereocenters. The third-order valence-electron chi connectivity index (χ3n) is 4.51. The van der Waals surface area contributed by atoms with Crippen molar-refractivity contribution < 1.29 is 28.6 Å². The van der Waals surface area contributed by atoms with E-state index < -0.39 is 0 Å². The number of hydrogen-bond acceptors (Lipinski definition) is 6.